The molecule has 7 nitrogen and oxygen atoms in total. The summed E-state index contributed by atoms with van der Waals surface area (Å²) >= 11 is 0. The van der Waals surface area contributed by atoms with Crippen LogP contribution in [0, 0.1) is 0 Å². The van der Waals surface area contributed by atoms with Gasteiger partial charge in [-0.05, 0) is 42.0 Å². The number of carbonyl (C=O) groups is 1. The van der Waals surface area contributed by atoms with E-state index in [1.165, 1.54) is 6.26 Å². The van der Waals surface area contributed by atoms with Gasteiger partial charge >= 0.3 is 0 Å². The normalized spacial score (nSPS) is 11.2. The zero-order chi connectivity index (χ0) is 18.9. The quantitative estimate of drug-likeness (QED) is 0.442. The second-order valence-electron chi connectivity index (χ2n) is 5.81. The van der Waals surface area contributed by atoms with Gasteiger partial charge in [-0.25, -0.2) is 0 Å². The third-order valence-electron chi connectivity index (χ3n) is 3.86. The maximum atomic E-state index is 12.1. The van der Waals surface area contributed by atoms with Gasteiger partial charge in [0.15, 0.2) is 11.7 Å². The van der Waals surface area contributed by atoms with E-state index in [4.69, 9.17) is 8.83 Å². The molecule has 0 saturated heterocycles. The van der Waals surface area contributed by atoms with Gasteiger partial charge < -0.3 is 24.8 Å². The van der Waals surface area contributed by atoms with E-state index in [0.29, 0.717) is 24.7 Å². The average Bonchev–Trinajstić information content (AvgIpc) is 3.38. The van der Waals surface area contributed by atoms with Gasteiger partial charge in [0.25, 0.3) is 5.91 Å². The van der Waals surface area contributed by atoms with Gasteiger partial charge in [0.2, 0.25) is 0 Å². The van der Waals surface area contributed by atoms with Crippen LogP contribution in [-0.4, -0.2) is 25.5 Å². The van der Waals surface area contributed by atoms with Crippen molar-refractivity contribution in [1.82, 2.24) is 10.6 Å². The molecular formula is C20H22N4O3. The molecule has 3 aromatic rings. The molecule has 0 fully saturated rings. The third-order valence-corrected chi connectivity index (χ3v) is 3.86. The van der Waals surface area contributed by atoms with E-state index in [1.54, 1.807) is 25.4 Å². The summed E-state index contributed by atoms with van der Waals surface area (Å²) in [7, 11) is 1.72. The zero-order valence-electron chi connectivity index (χ0n) is 15.1. The second kappa shape index (κ2) is 9.28. The number of aliphatic imine (C=N–C) groups is 1. The molecule has 27 heavy (non-hydrogen) atoms. The van der Waals surface area contributed by atoms with Crippen LogP contribution in [-0.2, 0) is 13.0 Å². The van der Waals surface area contributed by atoms with Crippen molar-refractivity contribution in [3.05, 3.63) is 78.1 Å². The van der Waals surface area contributed by atoms with Crippen LogP contribution in [0.4, 0.5) is 5.69 Å². The summed E-state index contributed by atoms with van der Waals surface area (Å²) in [6.45, 7) is 1.29. The van der Waals surface area contributed by atoms with Crippen molar-refractivity contribution in [3.63, 3.8) is 0 Å². The van der Waals surface area contributed by atoms with E-state index >= 15 is 0 Å². The molecule has 0 aliphatic rings. The number of guanidine groups is 1. The smallest absolute Gasteiger partial charge is 0.291 e. The number of anilines is 1. The van der Waals surface area contributed by atoms with Gasteiger partial charge in [0, 0.05) is 32.2 Å². The van der Waals surface area contributed by atoms with Gasteiger partial charge in [-0.3, -0.25) is 9.79 Å². The molecule has 2 aromatic heterocycles. The van der Waals surface area contributed by atoms with Crippen LogP contribution in [0.15, 0.2) is 74.9 Å². The lowest BCUT2D eigenvalue weighted by molar-refractivity contribution is 0.0996. The van der Waals surface area contributed by atoms with Crippen LogP contribution in [0.1, 0.15) is 21.9 Å². The highest BCUT2D eigenvalue weighted by molar-refractivity contribution is 6.02. The molecule has 0 bridgehead atoms. The lowest BCUT2D eigenvalue weighted by Gasteiger charge is -2.12. The fourth-order valence-corrected chi connectivity index (χ4v) is 2.52. The van der Waals surface area contributed by atoms with Crippen LogP contribution >= 0.6 is 0 Å². The fourth-order valence-electron chi connectivity index (χ4n) is 2.52. The Morgan fingerprint density at radius 2 is 1.89 bits per heavy atom. The number of furan rings is 2. The van der Waals surface area contributed by atoms with Crippen LogP contribution in [0.3, 0.4) is 0 Å². The van der Waals surface area contributed by atoms with E-state index in [1.807, 2.05) is 36.4 Å². The molecule has 140 valence electrons. The first kappa shape index (κ1) is 18.3. The number of benzene rings is 1. The molecule has 7 heteroatoms. The standard InChI is InChI=1S/C20H22N4O3/c1-21-20(22-10-9-17-7-3-11-26-17)23-14-15-5-2-6-16(13-15)24-19(25)18-8-4-12-27-18/h2-8,11-13H,9-10,14H2,1H3,(H,24,25)(H2,21,22,23). The Morgan fingerprint density at radius 3 is 2.63 bits per heavy atom. The van der Waals surface area contributed by atoms with Crippen LogP contribution in [0.2, 0.25) is 0 Å². The molecule has 0 spiro atoms. The van der Waals surface area contributed by atoms with Gasteiger partial charge in [0.05, 0.1) is 12.5 Å². The van der Waals surface area contributed by atoms with Gasteiger partial charge in [-0.2, -0.15) is 0 Å². The predicted molar refractivity (Wildman–Crippen MR) is 104 cm³/mol. The topological polar surface area (TPSA) is 91.8 Å². The molecule has 0 saturated carbocycles. The summed E-state index contributed by atoms with van der Waals surface area (Å²) in [5, 5.41) is 9.31. The highest BCUT2D eigenvalue weighted by Crippen LogP contribution is 2.12. The van der Waals surface area contributed by atoms with Crippen molar-refractivity contribution < 1.29 is 13.6 Å². The van der Waals surface area contributed by atoms with Crippen molar-refractivity contribution >= 4 is 17.6 Å². The zero-order valence-corrected chi connectivity index (χ0v) is 15.1. The first-order valence-electron chi connectivity index (χ1n) is 8.65. The molecular weight excluding hydrogens is 344 g/mol. The molecule has 0 aliphatic heterocycles. The number of rotatable bonds is 7. The third kappa shape index (κ3) is 5.50. The lowest BCUT2D eigenvalue weighted by atomic mass is 10.2. The molecule has 1 aromatic carbocycles. The predicted octanol–water partition coefficient (Wildman–Crippen LogP) is 3.03. The maximum absolute atomic E-state index is 12.1. The monoisotopic (exact) mass is 366 g/mol. The largest absolute Gasteiger partial charge is 0.469 e. The first-order chi connectivity index (χ1) is 13.2. The summed E-state index contributed by atoms with van der Waals surface area (Å²) in [5.41, 5.74) is 1.72. The number of hydrogen-bond donors (Lipinski definition) is 3. The second-order valence-corrected chi connectivity index (χ2v) is 5.81. The Labute approximate surface area is 157 Å². The number of nitrogens with zero attached hydrogens (tertiary/aromatic N) is 1. The maximum Gasteiger partial charge on any atom is 0.291 e. The van der Waals surface area contributed by atoms with Gasteiger partial charge in [-0.15, -0.1) is 0 Å². The highest BCUT2D eigenvalue weighted by Gasteiger charge is 2.09. The Bertz CT molecular complexity index is 871. The van der Waals surface area contributed by atoms with Crippen LogP contribution < -0.4 is 16.0 Å². The molecule has 0 unspecified atom stereocenters. The van der Waals surface area contributed by atoms with Crippen molar-refractivity contribution in [1.29, 1.82) is 0 Å². The van der Waals surface area contributed by atoms with Crippen LogP contribution in [0.5, 0.6) is 0 Å². The molecule has 2 heterocycles. The summed E-state index contributed by atoms with van der Waals surface area (Å²) in [4.78, 5) is 16.3. The van der Waals surface area contributed by atoms with E-state index in [2.05, 4.69) is 20.9 Å². The minimum atomic E-state index is -0.277. The van der Waals surface area contributed by atoms with E-state index in [0.717, 1.165) is 17.7 Å². The average molecular weight is 366 g/mol. The Hall–Kier alpha value is -3.48. The van der Waals surface area contributed by atoms with E-state index in [9.17, 15) is 4.79 Å². The lowest BCUT2D eigenvalue weighted by Crippen LogP contribution is -2.37. The molecule has 0 aliphatic carbocycles. The molecule has 3 N–H and O–H groups in total. The van der Waals surface area contributed by atoms with Gasteiger partial charge in [-0.1, -0.05) is 12.1 Å². The van der Waals surface area contributed by atoms with Crippen molar-refractivity contribution in [2.24, 2.45) is 4.99 Å². The summed E-state index contributed by atoms with van der Waals surface area (Å²) in [6.07, 6.45) is 3.92. The minimum Gasteiger partial charge on any atom is -0.469 e. The number of nitrogens with one attached hydrogen (secondary N) is 3. The number of amides is 1. The highest BCUT2D eigenvalue weighted by atomic mass is 16.3. The molecule has 3 rings (SSSR count). The molecule has 0 atom stereocenters. The summed E-state index contributed by atoms with van der Waals surface area (Å²) in [5.74, 6) is 1.63. The van der Waals surface area contributed by atoms with Crippen molar-refractivity contribution in [2.75, 3.05) is 18.9 Å². The summed E-state index contributed by atoms with van der Waals surface area (Å²) < 4.78 is 10.4. The fraction of sp³-hybridized carbons (Fsp3) is 0.200. The van der Waals surface area contributed by atoms with Gasteiger partial charge in [0.1, 0.15) is 5.76 Å². The van der Waals surface area contributed by atoms with Crippen molar-refractivity contribution in [2.45, 2.75) is 13.0 Å². The van der Waals surface area contributed by atoms with E-state index < -0.39 is 0 Å². The first-order valence-corrected chi connectivity index (χ1v) is 8.65. The number of hydrogen-bond acceptors (Lipinski definition) is 4. The Kier molecular flexibility index (Phi) is 6.30. The van der Waals surface area contributed by atoms with E-state index in [-0.39, 0.29) is 11.7 Å². The SMILES string of the molecule is CN=C(NCCc1ccco1)NCc1cccc(NC(=O)c2ccco2)c1. The van der Waals surface area contributed by atoms with Crippen LogP contribution in [0.25, 0.3) is 0 Å². The molecule has 0 radical (unpaired) electrons. The number of carbonyl (C=O) groups excluding carboxylic acids is 1. The Balaban J connectivity index is 1.48. The Morgan fingerprint density at radius 1 is 1.04 bits per heavy atom. The molecule has 1 amide bonds. The van der Waals surface area contributed by atoms with Crippen molar-refractivity contribution in [3.8, 4) is 0 Å². The minimum absolute atomic E-state index is 0.277. The summed E-state index contributed by atoms with van der Waals surface area (Å²) in [6, 6.07) is 14.7.